The van der Waals surface area contributed by atoms with Crippen LogP contribution in [0.1, 0.15) is 24.2 Å². The van der Waals surface area contributed by atoms with Crippen molar-refractivity contribution in [2.24, 2.45) is 0 Å². The van der Waals surface area contributed by atoms with Crippen LogP contribution in [0.5, 0.6) is 0 Å². The maximum Gasteiger partial charge on any atom is 0.338 e. The number of carbonyl (C=O) groups excluding carboxylic acids is 1. The highest BCUT2D eigenvalue weighted by Crippen LogP contribution is 2.33. The number of hydrogen-bond acceptors (Lipinski definition) is 7. The molecule has 2 aromatic heterocycles. The quantitative estimate of drug-likeness (QED) is 0.478. The van der Waals surface area contributed by atoms with E-state index in [0.717, 1.165) is 20.4 Å². The van der Waals surface area contributed by atoms with E-state index >= 15 is 0 Å². The van der Waals surface area contributed by atoms with Gasteiger partial charge in [0.05, 0.1) is 32.1 Å². The zero-order chi connectivity index (χ0) is 18.3. The minimum Gasteiger partial charge on any atom is -0.459 e. The third-order valence-electron chi connectivity index (χ3n) is 3.53. The molecule has 0 amide bonds. The van der Waals surface area contributed by atoms with E-state index in [1.807, 2.05) is 13.8 Å². The molecule has 0 bridgehead atoms. The first-order chi connectivity index (χ1) is 12.5. The Morgan fingerprint density at radius 1 is 1.04 bits per heavy atom. The highest BCUT2D eigenvalue weighted by molar-refractivity contribution is 7.24. The zero-order valence-electron chi connectivity index (χ0n) is 13.9. The maximum atomic E-state index is 13.3. The minimum atomic E-state index is -0.349. The van der Waals surface area contributed by atoms with Crippen molar-refractivity contribution in [2.45, 2.75) is 20.0 Å². The molecule has 4 aromatic rings. The van der Waals surface area contributed by atoms with Crippen molar-refractivity contribution in [3.63, 3.8) is 0 Å². The number of ether oxygens (including phenoxy) is 1. The molecule has 0 aliphatic heterocycles. The number of aromatic nitrogens is 2. The van der Waals surface area contributed by atoms with Crippen LogP contribution in [0.2, 0.25) is 0 Å². The van der Waals surface area contributed by atoms with Crippen LogP contribution in [0.4, 0.5) is 14.7 Å². The van der Waals surface area contributed by atoms with Gasteiger partial charge in [-0.15, -0.1) is 0 Å². The Morgan fingerprint density at radius 3 is 2.31 bits per heavy atom. The Labute approximate surface area is 156 Å². The van der Waals surface area contributed by atoms with Gasteiger partial charge in [0.25, 0.3) is 0 Å². The van der Waals surface area contributed by atoms with Gasteiger partial charge >= 0.3 is 5.97 Å². The third kappa shape index (κ3) is 3.38. The third-order valence-corrected chi connectivity index (χ3v) is 5.40. The fourth-order valence-corrected chi connectivity index (χ4v) is 4.29. The molecule has 2 heterocycles. The number of anilines is 2. The molecule has 0 radical (unpaired) electrons. The monoisotopic (exact) mass is 387 g/mol. The first kappa shape index (κ1) is 16.9. The molecule has 0 spiro atoms. The number of rotatable bonds is 4. The number of carbonyl (C=O) groups is 1. The molecular weight excluding hydrogens is 373 g/mol. The molecule has 0 aliphatic carbocycles. The Morgan fingerprint density at radius 2 is 1.65 bits per heavy atom. The molecule has 26 heavy (non-hydrogen) atoms. The highest BCUT2D eigenvalue weighted by Gasteiger charge is 2.13. The number of hydrogen-bond donors (Lipinski definition) is 1. The molecule has 5 nitrogen and oxygen atoms in total. The molecule has 1 N–H and O–H groups in total. The lowest BCUT2D eigenvalue weighted by Gasteiger charge is -2.07. The van der Waals surface area contributed by atoms with Crippen molar-refractivity contribution in [3.8, 4) is 0 Å². The van der Waals surface area contributed by atoms with E-state index in [0.29, 0.717) is 15.8 Å². The zero-order valence-corrected chi connectivity index (χ0v) is 15.6. The second-order valence-corrected chi connectivity index (χ2v) is 7.97. The SMILES string of the molecule is CC(C)OC(=O)c1ccc2nc(Nc3nc4ccc(F)cc4s3)sc2c1. The summed E-state index contributed by atoms with van der Waals surface area (Å²) in [7, 11) is 0. The van der Waals surface area contributed by atoms with E-state index in [9.17, 15) is 9.18 Å². The molecule has 0 saturated heterocycles. The molecule has 0 atom stereocenters. The lowest BCUT2D eigenvalue weighted by atomic mass is 10.2. The fraction of sp³-hybridized carbons (Fsp3) is 0.167. The molecular formula is C18H14FN3O2S2. The van der Waals surface area contributed by atoms with Crippen molar-refractivity contribution in [2.75, 3.05) is 5.32 Å². The van der Waals surface area contributed by atoms with E-state index < -0.39 is 0 Å². The molecule has 2 aromatic carbocycles. The van der Waals surface area contributed by atoms with Crippen molar-refractivity contribution >= 4 is 59.3 Å². The van der Waals surface area contributed by atoms with E-state index in [1.165, 1.54) is 34.8 Å². The van der Waals surface area contributed by atoms with Crippen LogP contribution in [-0.2, 0) is 4.74 Å². The van der Waals surface area contributed by atoms with Crippen LogP contribution in [0.15, 0.2) is 36.4 Å². The van der Waals surface area contributed by atoms with Gasteiger partial charge in [-0.25, -0.2) is 19.2 Å². The first-order valence-electron chi connectivity index (χ1n) is 7.92. The van der Waals surface area contributed by atoms with E-state index in [-0.39, 0.29) is 17.9 Å². The number of nitrogens with one attached hydrogen (secondary N) is 1. The summed E-state index contributed by atoms with van der Waals surface area (Å²) in [6.07, 6.45) is -0.166. The van der Waals surface area contributed by atoms with Gasteiger partial charge in [-0.3, -0.25) is 0 Å². The molecule has 8 heteroatoms. The number of halogens is 1. The average Bonchev–Trinajstić information content (AvgIpc) is 3.15. The minimum absolute atomic E-state index is 0.166. The van der Waals surface area contributed by atoms with Crippen molar-refractivity contribution in [3.05, 3.63) is 47.8 Å². The first-order valence-corrected chi connectivity index (χ1v) is 9.56. The van der Waals surface area contributed by atoms with Gasteiger partial charge in [0.15, 0.2) is 10.3 Å². The Bertz CT molecular complexity index is 1120. The topological polar surface area (TPSA) is 64.1 Å². The Balaban J connectivity index is 1.61. The highest BCUT2D eigenvalue weighted by atomic mass is 32.1. The molecule has 0 unspecified atom stereocenters. The number of fused-ring (bicyclic) bond motifs is 2. The average molecular weight is 387 g/mol. The smallest absolute Gasteiger partial charge is 0.338 e. The van der Waals surface area contributed by atoms with E-state index in [4.69, 9.17) is 4.74 Å². The molecule has 0 saturated carbocycles. The number of esters is 1. The van der Waals surface area contributed by atoms with Crippen molar-refractivity contribution in [1.82, 2.24) is 9.97 Å². The van der Waals surface area contributed by atoms with Crippen LogP contribution < -0.4 is 5.32 Å². The summed E-state index contributed by atoms with van der Waals surface area (Å²) < 4.78 is 20.2. The summed E-state index contributed by atoms with van der Waals surface area (Å²) in [4.78, 5) is 21.0. The normalized spacial score (nSPS) is 11.4. The van der Waals surface area contributed by atoms with Crippen LogP contribution in [-0.4, -0.2) is 22.0 Å². The predicted molar refractivity (Wildman–Crippen MR) is 103 cm³/mol. The van der Waals surface area contributed by atoms with Gasteiger partial charge in [0, 0.05) is 0 Å². The number of nitrogens with zero attached hydrogens (tertiary/aromatic N) is 2. The van der Waals surface area contributed by atoms with Gasteiger partial charge in [-0.05, 0) is 50.2 Å². The summed E-state index contributed by atoms with van der Waals surface area (Å²) in [5.41, 5.74) is 2.02. The van der Waals surface area contributed by atoms with Gasteiger partial charge < -0.3 is 10.1 Å². The van der Waals surface area contributed by atoms with Gasteiger partial charge in [0.1, 0.15) is 5.82 Å². The van der Waals surface area contributed by atoms with Crippen molar-refractivity contribution < 1.29 is 13.9 Å². The lowest BCUT2D eigenvalue weighted by Crippen LogP contribution is -2.11. The van der Waals surface area contributed by atoms with Gasteiger partial charge in [-0.1, -0.05) is 22.7 Å². The largest absolute Gasteiger partial charge is 0.459 e. The van der Waals surface area contributed by atoms with Crippen molar-refractivity contribution in [1.29, 1.82) is 0 Å². The molecule has 0 fully saturated rings. The maximum absolute atomic E-state index is 13.3. The van der Waals surface area contributed by atoms with Gasteiger partial charge in [-0.2, -0.15) is 0 Å². The van der Waals surface area contributed by atoms with Crippen LogP contribution >= 0.6 is 22.7 Å². The van der Waals surface area contributed by atoms with Crippen LogP contribution in [0.25, 0.3) is 20.4 Å². The number of thiazole rings is 2. The lowest BCUT2D eigenvalue weighted by molar-refractivity contribution is 0.0378. The summed E-state index contributed by atoms with van der Waals surface area (Å²) >= 11 is 2.78. The summed E-state index contributed by atoms with van der Waals surface area (Å²) in [6, 6.07) is 9.77. The fourth-order valence-electron chi connectivity index (χ4n) is 2.43. The molecule has 4 rings (SSSR count). The van der Waals surface area contributed by atoms with E-state index in [1.54, 1.807) is 24.3 Å². The summed E-state index contributed by atoms with van der Waals surface area (Å²) in [5.74, 6) is -0.633. The standard InChI is InChI=1S/C18H14FN3O2S2/c1-9(2)24-16(23)10-3-5-12-14(7-10)25-17(20-12)22-18-21-13-6-4-11(19)8-15(13)26-18/h3-9H,1-2H3,(H,20,21,22). The second kappa shape index (κ2) is 6.62. The molecule has 132 valence electrons. The Kier molecular flexibility index (Phi) is 4.29. The number of benzene rings is 2. The van der Waals surface area contributed by atoms with Crippen LogP contribution in [0.3, 0.4) is 0 Å². The predicted octanol–water partition coefficient (Wildman–Crippen LogP) is 5.35. The second-order valence-electron chi connectivity index (χ2n) is 5.91. The summed E-state index contributed by atoms with van der Waals surface area (Å²) in [6.45, 7) is 3.63. The summed E-state index contributed by atoms with van der Waals surface area (Å²) in [5, 5.41) is 4.46. The van der Waals surface area contributed by atoms with E-state index in [2.05, 4.69) is 15.3 Å². The van der Waals surface area contributed by atoms with Crippen LogP contribution in [0, 0.1) is 5.82 Å². The van der Waals surface area contributed by atoms with Gasteiger partial charge in [0.2, 0.25) is 0 Å². The molecule has 0 aliphatic rings. The Hall–Kier alpha value is -2.58.